The smallest absolute Gasteiger partial charge is 0.334 e. The van der Waals surface area contributed by atoms with Crippen molar-refractivity contribution in [3.05, 3.63) is 27.7 Å². The van der Waals surface area contributed by atoms with Gasteiger partial charge in [-0.25, -0.2) is 4.79 Å². The van der Waals surface area contributed by atoms with Crippen LogP contribution in [0.15, 0.2) is 22.7 Å². The normalized spacial score (nSPS) is 15.2. The standard InChI is InChI=1S/C14H14BrClN2O4/c1-8(2)18-13(20)12(19)17(14(18)21)5-6-22-11-4-3-9(16)7-10(11)15/h3-4,7-8H,5-6H2,1-2H3. The minimum absolute atomic E-state index is 0.00168. The Morgan fingerprint density at radius 2 is 1.91 bits per heavy atom. The highest BCUT2D eigenvalue weighted by Crippen LogP contribution is 2.28. The van der Waals surface area contributed by atoms with E-state index in [0.717, 1.165) is 9.80 Å². The zero-order valence-corrected chi connectivity index (χ0v) is 14.3. The number of amides is 4. The molecule has 0 saturated carbocycles. The molecule has 0 aliphatic carbocycles. The predicted molar refractivity (Wildman–Crippen MR) is 83.7 cm³/mol. The molecule has 0 atom stereocenters. The van der Waals surface area contributed by atoms with Crippen LogP contribution in [0.2, 0.25) is 5.02 Å². The van der Waals surface area contributed by atoms with Gasteiger partial charge in [0.05, 0.1) is 11.0 Å². The summed E-state index contributed by atoms with van der Waals surface area (Å²) in [5, 5.41) is 0.558. The van der Waals surface area contributed by atoms with E-state index in [0.29, 0.717) is 15.2 Å². The third-order valence-corrected chi connectivity index (χ3v) is 3.92. The van der Waals surface area contributed by atoms with Gasteiger partial charge < -0.3 is 4.74 Å². The number of imide groups is 2. The van der Waals surface area contributed by atoms with E-state index in [9.17, 15) is 14.4 Å². The van der Waals surface area contributed by atoms with Crippen molar-refractivity contribution in [1.82, 2.24) is 9.80 Å². The fourth-order valence-electron chi connectivity index (χ4n) is 2.01. The van der Waals surface area contributed by atoms with Gasteiger partial charge >= 0.3 is 17.8 Å². The Hall–Kier alpha value is -1.60. The molecule has 6 nitrogen and oxygen atoms in total. The lowest BCUT2D eigenvalue weighted by Crippen LogP contribution is -2.39. The van der Waals surface area contributed by atoms with Crippen molar-refractivity contribution >= 4 is 45.4 Å². The van der Waals surface area contributed by atoms with Crippen molar-refractivity contribution in [3.63, 3.8) is 0 Å². The summed E-state index contributed by atoms with van der Waals surface area (Å²) in [7, 11) is 0. The Labute approximate surface area is 141 Å². The molecule has 0 aromatic heterocycles. The zero-order chi connectivity index (χ0) is 16.4. The average molecular weight is 390 g/mol. The lowest BCUT2D eigenvalue weighted by Gasteiger charge is -2.18. The largest absolute Gasteiger partial charge is 0.491 e. The van der Waals surface area contributed by atoms with E-state index < -0.39 is 17.8 Å². The highest BCUT2D eigenvalue weighted by atomic mass is 79.9. The number of carbonyl (C=O) groups excluding carboxylic acids is 3. The summed E-state index contributed by atoms with van der Waals surface area (Å²) in [5.74, 6) is -1.08. The number of hydrogen-bond acceptors (Lipinski definition) is 4. The number of halogens is 2. The SMILES string of the molecule is CC(C)N1C(=O)C(=O)N(CCOc2ccc(Cl)cc2Br)C1=O. The van der Waals surface area contributed by atoms with Crippen molar-refractivity contribution in [3.8, 4) is 5.75 Å². The van der Waals surface area contributed by atoms with E-state index in [1.165, 1.54) is 0 Å². The van der Waals surface area contributed by atoms with Gasteiger partial charge in [0.2, 0.25) is 0 Å². The molecule has 4 amide bonds. The second kappa shape index (κ2) is 6.66. The minimum atomic E-state index is -0.822. The molecule has 0 bridgehead atoms. The highest BCUT2D eigenvalue weighted by molar-refractivity contribution is 9.10. The third kappa shape index (κ3) is 3.25. The fourth-order valence-corrected chi connectivity index (χ4v) is 2.81. The van der Waals surface area contributed by atoms with E-state index >= 15 is 0 Å². The number of benzene rings is 1. The van der Waals surface area contributed by atoms with Gasteiger partial charge in [0.1, 0.15) is 12.4 Å². The van der Waals surface area contributed by atoms with Crippen molar-refractivity contribution in [1.29, 1.82) is 0 Å². The summed E-state index contributed by atoms with van der Waals surface area (Å²) in [6.07, 6.45) is 0. The number of urea groups is 1. The minimum Gasteiger partial charge on any atom is -0.491 e. The van der Waals surface area contributed by atoms with Gasteiger partial charge in [-0.3, -0.25) is 19.4 Å². The van der Waals surface area contributed by atoms with Gasteiger partial charge in [0.25, 0.3) is 0 Å². The molecule has 1 aromatic carbocycles. The topological polar surface area (TPSA) is 66.9 Å². The summed E-state index contributed by atoms with van der Waals surface area (Å²) < 4.78 is 6.17. The van der Waals surface area contributed by atoms with E-state index in [1.807, 2.05) is 0 Å². The monoisotopic (exact) mass is 388 g/mol. The first-order valence-corrected chi connectivity index (χ1v) is 7.77. The fraction of sp³-hybridized carbons (Fsp3) is 0.357. The zero-order valence-electron chi connectivity index (χ0n) is 12.0. The van der Waals surface area contributed by atoms with Gasteiger partial charge in [0.15, 0.2) is 0 Å². The van der Waals surface area contributed by atoms with Crippen LogP contribution in [0.3, 0.4) is 0 Å². The third-order valence-electron chi connectivity index (χ3n) is 3.07. The maximum Gasteiger partial charge on any atom is 0.334 e. The predicted octanol–water partition coefficient (Wildman–Crippen LogP) is 2.68. The van der Waals surface area contributed by atoms with Crippen molar-refractivity contribution in [2.45, 2.75) is 19.9 Å². The molecule has 0 N–H and O–H groups in total. The number of nitrogens with zero attached hydrogens (tertiary/aromatic N) is 2. The van der Waals surface area contributed by atoms with Crippen LogP contribution in [-0.4, -0.2) is 46.8 Å². The maximum atomic E-state index is 12.0. The summed E-state index contributed by atoms with van der Waals surface area (Å²) in [6, 6.07) is 4.04. The molecule has 1 saturated heterocycles. The lowest BCUT2D eigenvalue weighted by molar-refractivity contribution is -0.143. The number of ether oxygens (including phenoxy) is 1. The van der Waals surface area contributed by atoms with Gasteiger partial charge in [-0.05, 0) is 48.0 Å². The molecule has 1 aliphatic heterocycles. The van der Waals surface area contributed by atoms with E-state index in [1.54, 1.807) is 32.0 Å². The van der Waals surface area contributed by atoms with Crippen molar-refractivity contribution < 1.29 is 19.1 Å². The van der Waals surface area contributed by atoms with E-state index in [-0.39, 0.29) is 19.2 Å². The summed E-state index contributed by atoms with van der Waals surface area (Å²) in [5.41, 5.74) is 0. The molecular formula is C14H14BrClN2O4. The van der Waals surface area contributed by atoms with Crippen LogP contribution in [0, 0.1) is 0 Å². The van der Waals surface area contributed by atoms with Crippen molar-refractivity contribution in [2.75, 3.05) is 13.2 Å². The van der Waals surface area contributed by atoms with Crippen LogP contribution >= 0.6 is 27.5 Å². The van der Waals surface area contributed by atoms with Gasteiger partial charge in [0, 0.05) is 11.1 Å². The molecule has 8 heteroatoms. The number of rotatable bonds is 5. The molecule has 2 rings (SSSR count). The first kappa shape index (κ1) is 16.8. The molecular weight excluding hydrogens is 376 g/mol. The molecule has 0 spiro atoms. The molecule has 0 radical (unpaired) electrons. The number of hydrogen-bond donors (Lipinski definition) is 0. The van der Waals surface area contributed by atoms with Gasteiger partial charge in [-0.2, -0.15) is 0 Å². The van der Waals surface area contributed by atoms with Gasteiger partial charge in [-0.15, -0.1) is 0 Å². The maximum absolute atomic E-state index is 12.0. The molecule has 1 aromatic rings. The summed E-state index contributed by atoms with van der Waals surface area (Å²) in [4.78, 5) is 37.4. The molecule has 22 heavy (non-hydrogen) atoms. The first-order valence-electron chi connectivity index (χ1n) is 6.59. The molecule has 1 fully saturated rings. The molecule has 118 valence electrons. The second-order valence-corrected chi connectivity index (χ2v) is 6.22. The van der Waals surface area contributed by atoms with Crippen LogP contribution in [0.25, 0.3) is 0 Å². The molecule has 1 heterocycles. The molecule has 1 aliphatic rings. The van der Waals surface area contributed by atoms with Crippen LogP contribution in [-0.2, 0) is 9.59 Å². The second-order valence-electron chi connectivity index (χ2n) is 4.93. The summed E-state index contributed by atoms with van der Waals surface area (Å²) >= 11 is 9.13. The quantitative estimate of drug-likeness (QED) is 0.573. The Kier molecular flexibility index (Phi) is 5.08. The Balaban J connectivity index is 1.98. The van der Waals surface area contributed by atoms with Gasteiger partial charge in [-0.1, -0.05) is 11.6 Å². The first-order chi connectivity index (χ1) is 10.3. The summed E-state index contributed by atoms with van der Waals surface area (Å²) in [6.45, 7) is 3.43. The lowest BCUT2D eigenvalue weighted by atomic mass is 10.3. The highest BCUT2D eigenvalue weighted by Gasteiger charge is 2.45. The Morgan fingerprint density at radius 3 is 2.45 bits per heavy atom. The van der Waals surface area contributed by atoms with Crippen molar-refractivity contribution in [2.24, 2.45) is 0 Å². The Bertz CT molecular complexity index is 635. The van der Waals surface area contributed by atoms with E-state index in [2.05, 4.69) is 15.9 Å². The van der Waals surface area contributed by atoms with Crippen LogP contribution in [0.1, 0.15) is 13.8 Å². The number of carbonyl (C=O) groups is 3. The van der Waals surface area contributed by atoms with Crippen LogP contribution in [0.4, 0.5) is 4.79 Å². The molecule has 0 unspecified atom stereocenters. The average Bonchev–Trinajstić information content (AvgIpc) is 2.64. The Morgan fingerprint density at radius 1 is 1.23 bits per heavy atom. The van der Waals surface area contributed by atoms with Crippen LogP contribution in [0.5, 0.6) is 5.75 Å². The van der Waals surface area contributed by atoms with Crippen LogP contribution < -0.4 is 4.74 Å². The van der Waals surface area contributed by atoms with E-state index in [4.69, 9.17) is 16.3 Å².